The number of rotatable bonds is 1. The number of allylic oxidation sites excluding steroid dienone is 1. The summed E-state index contributed by atoms with van der Waals surface area (Å²) in [5, 5.41) is 9.15. The van der Waals surface area contributed by atoms with Gasteiger partial charge in [-0.05, 0) is 19.8 Å². The van der Waals surface area contributed by atoms with Crippen LogP contribution in [0.3, 0.4) is 0 Å². The first-order valence-electron chi connectivity index (χ1n) is 3.78. The Kier molecular flexibility index (Phi) is 2.33. The van der Waals surface area contributed by atoms with E-state index in [9.17, 15) is 0 Å². The minimum atomic E-state index is -0.0735. The molecule has 0 aromatic rings. The van der Waals surface area contributed by atoms with Crippen LogP contribution in [0.15, 0.2) is 12.3 Å². The third-order valence-corrected chi connectivity index (χ3v) is 2.00. The second kappa shape index (κ2) is 3.06. The SMILES string of the molecule is C=C(C)N1CCC(O)CC1. The van der Waals surface area contributed by atoms with Crippen molar-refractivity contribution in [2.45, 2.75) is 25.9 Å². The van der Waals surface area contributed by atoms with Gasteiger partial charge in [0.25, 0.3) is 0 Å². The van der Waals surface area contributed by atoms with Crippen molar-refractivity contribution in [1.82, 2.24) is 4.90 Å². The van der Waals surface area contributed by atoms with Gasteiger partial charge in [0.15, 0.2) is 0 Å². The van der Waals surface area contributed by atoms with Crippen molar-refractivity contribution in [2.24, 2.45) is 0 Å². The Labute approximate surface area is 62.2 Å². The predicted octanol–water partition coefficient (Wildman–Crippen LogP) is 0.977. The minimum Gasteiger partial charge on any atom is -0.393 e. The molecule has 0 spiro atoms. The molecule has 1 rings (SSSR count). The molecule has 0 saturated carbocycles. The van der Waals surface area contributed by atoms with E-state index in [0.29, 0.717) is 0 Å². The van der Waals surface area contributed by atoms with Crippen LogP contribution >= 0.6 is 0 Å². The Balaban J connectivity index is 2.33. The van der Waals surface area contributed by atoms with Crippen molar-refractivity contribution in [3.05, 3.63) is 12.3 Å². The van der Waals surface area contributed by atoms with Crippen LogP contribution in [0.1, 0.15) is 19.8 Å². The molecule has 0 aliphatic carbocycles. The van der Waals surface area contributed by atoms with Gasteiger partial charge in [0.1, 0.15) is 0 Å². The molecule has 0 atom stereocenters. The fourth-order valence-electron chi connectivity index (χ4n) is 1.25. The fourth-order valence-corrected chi connectivity index (χ4v) is 1.25. The largest absolute Gasteiger partial charge is 0.393 e. The Morgan fingerprint density at radius 3 is 2.40 bits per heavy atom. The number of hydrogen-bond acceptors (Lipinski definition) is 2. The summed E-state index contributed by atoms with van der Waals surface area (Å²) in [6.45, 7) is 7.80. The zero-order valence-electron chi connectivity index (χ0n) is 6.51. The van der Waals surface area contributed by atoms with E-state index < -0.39 is 0 Å². The number of hydrogen-bond donors (Lipinski definition) is 1. The monoisotopic (exact) mass is 141 g/mol. The summed E-state index contributed by atoms with van der Waals surface area (Å²) in [5.74, 6) is 0. The summed E-state index contributed by atoms with van der Waals surface area (Å²) in [6.07, 6.45) is 1.72. The highest BCUT2D eigenvalue weighted by atomic mass is 16.3. The number of likely N-dealkylation sites (tertiary alicyclic amines) is 1. The normalized spacial score (nSPS) is 21.2. The van der Waals surface area contributed by atoms with Crippen molar-refractivity contribution in [1.29, 1.82) is 0 Å². The predicted molar refractivity (Wildman–Crippen MR) is 41.6 cm³/mol. The molecule has 1 fully saturated rings. The highest BCUT2D eigenvalue weighted by molar-refractivity contribution is 4.90. The Bertz CT molecular complexity index is 125. The summed E-state index contributed by atoms with van der Waals surface area (Å²) in [6, 6.07) is 0. The highest BCUT2D eigenvalue weighted by Crippen LogP contribution is 2.13. The summed E-state index contributed by atoms with van der Waals surface area (Å²) in [7, 11) is 0. The van der Waals surface area contributed by atoms with Crippen LogP contribution in [-0.4, -0.2) is 29.2 Å². The molecule has 10 heavy (non-hydrogen) atoms. The minimum absolute atomic E-state index is 0.0735. The maximum absolute atomic E-state index is 9.15. The number of aliphatic hydroxyl groups is 1. The standard InChI is InChI=1S/C8H15NO/c1-7(2)9-5-3-8(10)4-6-9/h8,10H,1,3-6H2,2H3. The van der Waals surface area contributed by atoms with Crippen molar-refractivity contribution in [3.8, 4) is 0 Å². The molecule has 0 unspecified atom stereocenters. The molecule has 58 valence electrons. The molecule has 1 heterocycles. The zero-order valence-corrected chi connectivity index (χ0v) is 6.51. The Morgan fingerprint density at radius 2 is 2.00 bits per heavy atom. The van der Waals surface area contributed by atoms with Gasteiger partial charge < -0.3 is 10.0 Å². The lowest BCUT2D eigenvalue weighted by Gasteiger charge is -2.31. The quantitative estimate of drug-likeness (QED) is 0.588. The second-order valence-electron chi connectivity index (χ2n) is 2.95. The van der Waals surface area contributed by atoms with E-state index >= 15 is 0 Å². The zero-order chi connectivity index (χ0) is 7.56. The molecule has 0 bridgehead atoms. The maximum Gasteiger partial charge on any atom is 0.0573 e. The topological polar surface area (TPSA) is 23.5 Å². The maximum atomic E-state index is 9.15. The van der Waals surface area contributed by atoms with Gasteiger partial charge in [-0.15, -0.1) is 0 Å². The molecular weight excluding hydrogens is 126 g/mol. The summed E-state index contributed by atoms with van der Waals surface area (Å²) < 4.78 is 0. The number of aliphatic hydroxyl groups excluding tert-OH is 1. The van der Waals surface area contributed by atoms with Crippen molar-refractivity contribution >= 4 is 0 Å². The molecule has 0 amide bonds. The summed E-state index contributed by atoms with van der Waals surface area (Å²) in [5.41, 5.74) is 1.12. The lowest BCUT2D eigenvalue weighted by molar-refractivity contribution is 0.0974. The van der Waals surface area contributed by atoms with Crippen molar-refractivity contribution < 1.29 is 5.11 Å². The van der Waals surface area contributed by atoms with E-state index in [1.165, 1.54) is 0 Å². The van der Waals surface area contributed by atoms with Crippen molar-refractivity contribution in [2.75, 3.05) is 13.1 Å². The summed E-state index contributed by atoms with van der Waals surface area (Å²) >= 11 is 0. The van der Waals surface area contributed by atoms with E-state index in [1.807, 2.05) is 6.92 Å². The molecule has 1 aliphatic rings. The van der Waals surface area contributed by atoms with E-state index in [1.54, 1.807) is 0 Å². The van der Waals surface area contributed by atoms with Gasteiger partial charge in [0.2, 0.25) is 0 Å². The highest BCUT2D eigenvalue weighted by Gasteiger charge is 2.15. The first kappa shape index (κ1) is 7.61. The molecule has 0 aromatic heterocycles. The molecule has 1 saturated heterocycles. The van der Waals surface area contributed by atoms with E-state index in [4.69, 9.17) is 5.11 Å². The van der Waals surface area contributed by atoms with Crippen LogP contribution < -0.4 is 0 Å². The first-order valence-corrected chi connectivity index (χ1v) is 3.78. The van der Waals surface area contributed by atoms with Crippen LogP contribution in [0.2, 0.25) is 0 Å². The van der Waals surface area contributed by atoms with Gasteiger partial charge in [-0.1, -0.05) is 6.58 Å². The second-order valence-corrected chi connectivity index (χ2v) is 2.95. The fraction of sp³-hybridized carbons (Fsp3) is 0.750. The molecule has 0 aromatic carbocycles. The number of piperidine rings is 1. The van der Waals surface area contributed by atoms with Crippen LogP contribution in [0.25, 0.3) is 0 Å². The molecule has 1 N–H and O–H groups in total. The van der Waals surface area contributed by atoms with Gasteiger partial charge in [-0.25, -0.2) is 0 Å². The van der Waals surface area contributed by atoms with Crippen LogP contribution in [0, 0.1) is 0 Å². The first-order chi connectivity index (χ1) is 4.70. The number of nitrogens with zero attached hydrogens (tertiary/aromatic N) is 1. The van der Waals surface area contributed by atoms with Gasteiger partial charge >= 0.3 is 0 Å². The van der Waals surface area contributed by atoms with E-state index in [0.717, 1.165) is 31.6 Å². The van der Waals surface area contributed by atoms with Crippen LogP contribution in [-0.2, 0) is 0 Å². The molecule has 2 nitrogen and oxygen atoms in total. The molecular formula is C8H15NO. The van der Waals surface area contributed by atoms with Gasteiger partial charge in [0, 0.05) is 18.8 Å². The average molecular weight is 141 g/mol. The lowest BCUT2D eigenvalue weighted by Crippen LogP contribution is -2.34. The average Bonchev–Trinajstić information content (AvgIpc) is 1.88. The van der Waals surface area contributed by atoms with Crippen molar-refractivity contribution in [3.63, 3.8) is 0 Å². The van der Waals surface area contributed by atoms with E-state index in [2.05, 4.69) is 11.5 Å². The smallest absolute Gasteiger partial charge is 0.0573 e. The third-order valence-electron chi connectivity index (χ3n) is 2.00. The lowest BCUT2D eigenvalue weighted by atomic mass is 10.1. The van der Waals surface area contributed by atoms with Crippen LogP contribution in [0.5, 0.6) is 0 Å². The van der Waals surface area contributed by atoms with Gasteiger partial charge in [0.05, 0.1) is 6.10 Å². The molecule has 0 radical (unpaired) electrons. The van der Waals surface area contributed by atoms with Crippen LogP contribution in [0.4, 0.5) is 0 Å². The molecule has 2 heteroatoms. The molecule has 1 aliphatic heterocycles. The summed E-state index contributed by atoms with van der Waals surface area (Å²) in [4.78, 5) is 2.22. The van der Waals surface area contributed by atoms with Gasteiger partial charge in [-0.3, -0.25) is 0 Å². The van der Waals surface area contributed by atoms with E-state index in [-0.39, 0.29) is 6.10 Å². The van der Waals surface area contributed by atoms with Gasteiger partial charge in [-0.2, -0.15) is 0 Å². The Hall–Kier alpha value is -0.500. The Morgan fingerprint density at radius 1 is 1.50 bits per heavy atom. The third kappa shape index (κ3) is 1.74.